The Morgan fingerprint density at radius 1 is 1.28 bits per heavy atom. The SMILES string of the molecule is CCn1cnnc1CC1CCN(S(=O)(=O)c2cccc(OC)c2)CC1. The molecule has 1 aromatic heterocycles. The van der Waals surface area contributed by atoms with E-state index in [2.05, 4.69) is 17.1 Å². The summed E-state index contributed by atoms with van der Waals surface area (Å²) in [6.45, 7) is 3.98. The third-order valence-corrected chi connectivity index (χ3v) is 6.65. The van der Waals surface area contributed by atoms with Gasteiger partial charge in [0.15, 0.2) is 0 Å². The molecule has 3 rings (SSSR count). The second-order valence-corrected chi connectivity index (χ2v) is 8.20. The first-order valence-electron chi connectivity index (χ1n) is 8.55. The second kappa shape index (κ2) is 7.53. The van der Waals surface area contributed by atoms with Crippen molar-refractivity contribution in [3.8, 4) is 5.75 Å². The fraction of sp³-hybridized carbons (Fsp3) is 0.529. The highest BCUT2D eigenvalue weighted by atomic mass is 32.2. The van der Waals surface area contributed by atoms with Gasteiger partial charge in [0, 0.05) is 32.1 Å². The summed E-state index contributed by atoms with van der Waals surface area (Å²) >= 11 is 0. The second-order valence-electron chi connectivity index (χ2n) is 6.26. The molecule has 1 fully saturated rings. The molecule has 0 amide bonds. The minimum absolute atomic E-state index is 0.288. The van der Waals surface area contributed by atoms with Crippen molar-refractivity contribution in [3.63, 3.8) is 0 Å². The number of hydrogen-bond acceptors (Lipinski definition) is 5. The molecule has 1 aliphatic rings. The van der Waals surface area contributed by atoms with Crippen LogP contribution in [0.2, 0.25) is 0 Å². The third-order valence-electron chi connectivity index (χ3n) is 4.76. The van der Waals surface area contributed by atoms with Gasteiger partial charge in [-0.15, -0.1) is 10.2 Å². The first kappa shape index (κ1) is 17.9. The number of ether oxygens (including phenoxy) is 1. The maximum Gasteiger partial charge on any atom is 0.243 e. The van der Waals surface area contributed by atoms with E-state index in [1.54, 1.807) is 34.9 Å². The number of rotatable bonds is 6. The molecule has 2 heterocycles. The van der Waals surface area contributed by atoms with E-state index in [1.165, 1.54) is 7.11 Å². The monoisotopic (exact) mass is 364 g/mol. The number of nitrogens with zero attached hydrogens (tertiary/aromatic N) is 4. The van der Waals surface area contributed by atoms with Crippen molar-refractivity contribution in [2.24, 2.45) is 5.92 Å². The normalized spacial score (nSPS) is 16.9. The van der Waals surface area contributed by atoms with Crippen molar-refractivity contribution in [1.29, 1.82) is 0 Å². The van der Waals surface area contributed by atoms with E-state index in [1.807, 2.05) is 4.57 Å². The predicted molar refractivity (Wildman–Crippen MR) is 93.9 cm³/mol. The van der Waals surface area contributed by atoms with Crippen molar-refractivity contribution >= 4 is 10.0 Å². The lowest BCUT2D eigenvalue weighted by atomic mass is 9.94. The molecule has 8 heteroatoms. The van der Waals surface area contributed by atoms with E-state index in [0.717, 1.165) is 31.6 Å². The molecule has 0 N–H and O–H groups in total. The summed E-state index contributed by atoms with van der Waals surface area (Å²) in [5.41, 5.74) is 0. The molecule has 0 bridgehead atoms. The van der Waals surface area contributed by atoms with E-state index >= 15 is 0 Å². The summed E-state index contributed by atoms with van der Waals surface area (Å²) in [4.78, 5) is 0.288. The zero-order valence-corrected chi connectivity index (χ0v) is 15.4. The van der Waals surface area contributed by atoms with Crippen LogP contribution in [0.3, 0.4) is 0 Å². The molecule has 0 spiro atoms. The van der Waals surface area contributed by atoms with Crippen LogP contribution in [0, 0.1) is 5.92 Å². The standard InChI is InChI=1S/C17H24N4O3S/c1-3-20-13-18-19-17(20)11-14-7-9-21(10-8-14)25(22,23)16-6-4-5-15(12-16)24-2/h4-6,12-14H,3,7-11H2,1-2H3. The van der Waals surface area contributed by atoms with Gasteiger partial charge in [0.2, 0.25) is 10.0 Å². The van der Waals surface area contributed by atoms with Gasteiger partial charge in [-0.3, -0.25) is 0 Å². The summed E-state index contributed by atoms with van der Waals surface area (Å²) in [5, 5.41) is 8.15. The van der Waals surface area contributed by atoms with Gasteiger partial charge in [0.25, 0.3) is 0 Å². The van der Waals surface area contributed by atoms with Crippen molar-refractivity contribution in [2.45, 2.75) is 37.6 Å². The van der Waals surface area contributed by atoms with E-state index in [4.69, 9.17) is 4.74 Å². The van der Waals surface area contributed by atoms with Crippen LogP contribution in [-0.2, 0) is 23.0 Å². The molecule has 1 aromatic carbocycles. The summed E-state index contributed by atoms with van der Waals surface area (Å²) < 4.78 is 34.4. The van der Waals surface area contributed by atoms with Gasteiger partial charge in [0.1, 0.15) is 17.9 Å². The van der Waals surface area contributed by atoms with Gasteiger partial charge < -0.3 is 9.30 Å². The van der Waals surface area contributed by atoms with Crippen LogP contribution in [0.1, 0.15) is 25.6 Å². The maximum absolute atomic E-state index is 12.8. The van der Waals surface area contributed by atoms with Crippen LogP contribution in [0.25, 0.3) is 0 Å². The Hall–Kier alpha value is -1.93. The molecule has 0 radical (unpaired) electrons. The van der Waals surface area contributed by atoms with Gasteiger partial charge in [-0.25, -0.2) is 8.42 Å². The van der Waals surface area contributed by atoms with Gasteiger partial charge >= 0.3 is 0 Å². The highest BCUT2D eigenvalue weighted by Gasteiger charge is 2.30. The molecule has 0 saturated carbocycles. The van der Waals surface area contributed by atoms with Gasteiger partial charge in [-0.05, 0) is 37.8 Å². The van der Waals surface area contributed by atoms with Crippen molar-refractivity contribution in [2.75, 3.05) is 20.2 Å². The Morgan fingerprint density at radius 2 is 2.04 bits per heavy atom. The number of sulfonamides is 1. The third kappa shape index (κ3) is 3.85. The largest absolute Gasteiger partial charge is 0.497 e. The minimum atomic E-state index is -3.47. The van der Waals surface area contributed by atoms with Crippen LogP contribution in [0.4, 0.5) is 0 Å². The number of benzene rings is 1. The molecule has 7 nitrogen and oxygen atoms in total. The molecule has 2 aromatic rings. The number of methoxy groups -OCH3 is 1. The first-order valence-corrected chi connectivity index (χ1v) is 9.99. The lowest BCUT2D eigenvalue weighted by Gasteiger charge is -2.31. The van der Waals surface area contributed by atoms with E-state index in [9.17, 15) is 8.42 Å². The number of aromatic nitrogens is 3. The lowest BCUT2D eigenvalue weighted by molar-refractivity contribution is 0.269. The highest BCUT2D eigenvalue weighted by molar-refractivity contribution is 7.89. The van der Waals surface area contributed by atoms with E-state index in [0.29, 0.717) is 24.8 Å². The fourth-order valence-electron chi connectivity index (χ4n) is 3.22. The van der Waals surface area contributed by atoms with E-state index in [-0.39, 0.29) is 4.90 Å². The Balaban J connectivity index is 1.65. The Bertz CT molecular complexity index is 811. The first-order chi connectivity index (χ1) is 12.0. The summed E-state index contributed by atoms with van der Waals surface area (Å²) in [6, 6.07) is 6.64. The maximum atomic E-state index is 12.8. The number of aryl methyl sites for hydroxylation is 1. The van der Waals surface area contributed by atoms with Gasteiger partial charge in [-0.2, -0.15) is 4.31 Å². The van der Waals surface area contributed by atoms with Crippen LogP contribution in [0.15, 0.2) is 35.5 Å². The average molecular weight is 364 g/mol. The number of hydrogen-bond donors (Lipinski definition) is 0. The summed E-state index contributed by atoms with van der Waals surface area (Å²) in [5.74, 6) is 1.97. The van der Waals surface area contributed by atoms with Crippen molar-refractivity contribution in [3.05, 3.63) is 36.4 Å². The molecule has 25 heavy (non-hydrogen) atoms. The average Bonchev–Trinajstić information content (AvgIpc) is 3.09. The fourth-order valence-corrected chi connectivity index (χ4v) is 4.73. The summed E-state index contributed by atoms with van der Waals surface area (Å²) in [7, 11) is -1.94. The molecule has 136 valence electrons. The molecular weight excluding hydrogens is 340 g/mol. The topological polar surface area (TPSA) is 77.3 Å². The Morgan fingerprint density at radius 3 is 2.72 bits per heavy atom. The smallest absolute Gasteiger partial charge is 0.243 e. The van der Waals surface area contributed by atoms with Crippen LogP contribution in [-0.4, -0.2) is 47.7 Å². The Kier molecular flexibility index (Phi) is 5.39. The summed E-state index contributed by atoms with van der Waals surface area (Å²) in [6.07, 6.45) is 4.26. The lowest BCUT2D eigenvalue weighted by Crippen LogP contribution is -2.39. The van der Waals surface area contributed by atoms with Crippen molar-refractivity contribution in [1.82, 2.24) is 19.1 Å². The number of piperidine rings is 1. The van der Waals surface area contributed by atoms with Crippen LogP contribution in [0.5, 0.6) is 5.75 Å². The quantitative estimate of drug-likeness (QED) is 0.783. The van der Waals surface area contributed by atoms with Gasteiger partial charge in [-0.1, -0.05) is 6.07 Å². The zero-order valence-electron chi connectivity index (χ0n) is 14.6. The molecule has 0 unspecified atom stereocenters. The predicted octanol–water partition coefficient (Wildman–Crippen LogP) is 1.95. The Labute approximate surface area is 148 Å². The van der Waals surface area contributed by atoms with Crippen molar-refractivity contribution < 1.29 is 13.2 Å². The van der Waals surface area contributed by atoms with E-state index < -0.39 is 10.0 Å². The zero-order chi connectivity index (χ0) is 17.9. The molecule has 0 aliphatic carbocycles. The van der Waals surface area contributed by atoms with Crippen LogP contribution >= 0.6 is 0 Å². The molecule has 0 atom stereocenters. The molecule has 1 aliphatic heterocycles. The molecular formula is C17H24N4O3S. The van der Waals surface area contributed by atoms with Gasteiger partial charge in [0.05, 0.1) is 12.0 Å². The highest BCUT2D eigenvalue weighted by Crippen LogP contribution is 2.27. The molecule has 1 saturated heterocycles. The van der Waals surface area contributed by atoms with Crippen LogP contribution < -0.4 is 4.74 Å². The minimum Gasteiger partial charge on any atom is -0.497 e.